The zero-order chi connectivity index (χ0) is 13.9. The van der Waals surface area contributed by atoms with Gasteiger partial charge in [0.15, 0.2) is 0 Å². The third kappa shape index (κ3) is 3.11. The van der Waals surface area contributed by atoms with Crippen LogP contribution in [0, 0.1) is 34.3 Å². The summed E-state index contributed by atoms with van der Waals surface area (Å²) in [5.74, 6) is -0.122. The van der Waals surface area contributed by atoms with Gasteiger partial charge in [-0.1, -0.05) is 11.6 Å². The molecule has 0 aromatic heterocycles. The smallest absolute Gasteiger partial charge is 0.288 e. The first-order valence-electron chi connectivity index (χ1n) is 5.42. The molecular formula is C12H14ClN3O2. The predicted molar refractivity (Wildman–Crippen MR) is 70.9 cm³/mol. The van der Waals surface area contributed by atoms with Crippen molar-refractivity contribution >= 4 is 23.0 Å². The molecule has 0 saturated carbocycles. The van der Waals surface area contributed by atoms with Gasteiger partial charge in [-0.15, -0.1) is 0 Å². The predicted octanol–water partition coefficient (Wildman–Crippen LogP) is 3.15. The van der Waals surface area contributed by atoms with Crippen molar-refractivity contribution in [3.8, 4) is 6.07 Å². The van der Waals surface area contributed by atoms with Crippen LogP contribution >= 0.6 is 11.6 Å². The molecule has 0 saturated heterocycles. The number of anilines is 1. The van der Waals surface area contributed by atoms with Crippen LogP contribution in [0.4, 0.5) is 11.4 Å². The Labute approximate surface area is 111 Å². The van der Waals surface area contributed by atoms with Crippen molar-refractivity contribution in [2.45, 2.75) is 13.8 Å². The third-order valence-electron chi connectivity index (χ3n) is 2.64. The highest BCUT2D eigenvalue weighted by atomic mass is 35.5. The van der Waals surface area contributed by atoms with E-state index in [1.807, 2.05) is 18.9 Å². The molecule has 0 amide bonds. The molecule has 0 aliphatic rings. The van der Waals surface area contributed by atoms with Gasteiger partial charge in [0.2, 0.25) is 0 Å². The lowest BCUT2D eigenvalue weighted by Crippen LogP contribution is -2.24. The van der Waals surface area contributed by atoms with E-state index in [0.29, 0.717) is 6.54 Å². The van der Waals surface area contributed by atoms with Crippen molar-refractivity contribution in [3.05, 3.63) is 32.8 Å². The summed E-state index contributed by atoms with van der Waals surface area (Å²) in [6.07, 6.45) is 0. The molecule has 96 valence electrons. The normalized spacial score (nSPS) is 11.7. The SMILES string of the molecule is Cc1cc([N+](=O)[O-])c(Cl)cc1N(C)CC(C)C#N. The van der Waals surface area contributed by atoms with E-state index in [1.54, 1.807) is 13.0 Å². The molecule has 18 heavy (non-hydrogen) atoms. The Balaban J connectivity index is 3.08. The molecule has 0 radical (unpaired) electrons. The monoisotopic (exact) mass is 267 g/mol. The number of nitriles is 1. The van der Waals surface area contributed by atoms with Gasteiger partial charge in [-0.3, -0.25) is 10.1 Å². The number of hydrogen-bond donors (Lipinski definition) is 0. The van der Waals surface area contributed by atoms with Gasteiger partial charge in [-0.25, -0.2) is 0 Å². The quantitative estimate of drug-likeness (QED) is 0.621. The number of nitrogens with zero attached hydrogens (tertiary/aromatic N) is 3. The molecule has 0 heterocycles. The highest BCUT2D eigenvalue weighted by Gasteiger charge is 2.17. The van der Waals surface area contributed by atoms with Gasteiger partial charge in [0.05, 0.1) is 16.9 Å². The number of halogens is 1. The fourth-order valence-corrected chi connectivity index (χ4v) is 1.98. The van der Waals surface area contributed by atoms with Crippen LogP contribution in [0.3, 0.4) is 0 Å². The second kappa shape index (κ2) is 5.69. The largest absolute Gasteiger partial charge is 0.373 e. The second-order valence-corrected chi connectivity index (χ2v) is 4.67. The molecule has 0 spiro atoms. The van der Waals surface area contributed by atoms with Crippen molar-refractivity contribution in [2.75, 3.05) is 18.5 Å². The number of hydrogen-bond acceptors (Lipinski definition) is 4. The Bertz CT molecular complexity index is 511. The standard InChI is InChI=1S/C12H14ClN3O2/c1-8(6-14)7-15(3)11-5-10(13)12(16(17)18)4-9(11)2/h4-5,8H,7H2,1-3H3. The van der Waals surface area contributed by atoms with Crippen LogP contribution in [0.1, 0.15) is 12.5 Å². The topological polar surface area (TPSA) is 70.2 Å². The van der Waals surface area contributed by atoms with Crippen LogP contribution in [0.5, 0.6) is 0 Å². The minimum absolute atomic E-state index is 0.0975. The zero-order valence-corrected chi connectivity index (χ0v) is 11.2. The highest BCUT2D eigenvalue weighted by Crippen LogP contribution is 2.32. The van der Waals surface area contributed by atoms with Crippen molar-refractivity contribution in [1.82, 2.24) is 0 Å². The maximum absolute atomic E-state index is 10.7. The molecular weight excluding hydrogens is 254 g/mol. The van der Waals surface area contributed by atoms with Crippen LogP contribution in [0.2, 0.25) is 5.02 Å². The Morgan fingerprint density at radius 1 is 1.61 bits per heavy atom. The average molecular weight is 268 g/mol. The summed E-state index contributed by atoms with van der Waals surface area (Å²) in [7, 11) is 1.83. The highest BCUT2D eigenvalue weighted by molar-refractivity contribution is 6.33. The summed E-state index contributed by atoms with van der Waals surface area (Å²) in [5.41, 5.74) is 1.46. The van der Waals surface area contributed by atoms with E-state index in [-0.39, 0.29) is 16.6 Å². The number of nitro groups is 1. The van der Waals surface area contributed by atoms with E-state index < -0.39 is 4.92 Å². The molecule has 0 fully saturated rings. The zero-order valence-electron chi connectivity index (χ0n) is 10.5. The van der Waals surface area contributed by atoms with E-state index in [0.717, 1.165) is 11.3 Å². The molecule has 6 heteroatoms. The molecule has 1 aromatic carbocycles. The molecule has 0 N–H and O–H groups in total. The van der Waals surface area contributed by atoms with Gasteiger partial charge in [0.1, 0.15) is 5.02 Å². The first-order chi connectivity index (χ1) is 8.36. The minimum Gasteiger partial charge on any atom is -0.373 e. The van der Waals surface area contributed by atoms with Crippen molar-refractivity contribution in [3.63, 3.8) is 0 Å². The molecule has 1 aromatic rings. The van der Waals surface area contributed by atoms with Crippen LogP contribution in [0.25, 0.3) is 0 Å². The molecule has 0 bridgehead atoms. The Hall–Kier alpha value is -1.80. The van der Waals surface area contributed by atoms with E-state index in [1.165, 1.54) is 6.07 Å². The van der Waals surface area contributed by atoms with E-state index in [2.05, 4.69) is 6.07 Å². The first-order valence-corrected chi connectivity index (χ1v) is 5.80. The van der Waals surface area contributed by atoms with Crippen molar-refractivity contribution in [1.29, 1.82) is 5.26 Å². The summed E-state index contributed by atoms with van der Waals surface area (Å²) >= 11 is 5.88. The van der Waals surface area contributed by atoms with Gasteiger partial charge in [-0.2, -0.15) is 5.26 Å². The maximum atomic E-state index is 10.7. The lowest BCUT2D eigenvalue weighted by molar-refractivity contribution is -0.384. The fourth-order valence-electron chi connectivity index (χ4n) is 1.76. The Morgan fingerprint density at radius 2 is 2.22 bits per heavy atom. The summed E-state index contributed by atoms with van der Waals surface area (Å²) < 4.78 is 0. The maximum Gasteiger partial charge on any atom is 0.288 e. The first kappa shape index (κ1) is 14.3. The number of rotatable bonds is 4. The summed E-state index contributed by atoms with van der Waals surface area (Å²) in [5, 5.41) is 19.6. The summed E-state index contributed by atoms with van der Waals surface area (Å²) in [4.78, 5) is 12.1. The second-order valence-electron chi connectivity index (χ2n) is 4.26. The molecule has 1 unspecified atom stereocenters. The number of benzene rings is 1. The molecule has 1 atom stereocenters. The molecule has 1 rings (SSSR count). The lowest BCUT2D eigenvalue weighted by Gasteiger charge is -2.22. The number of nitro benzene ring substituents is 1. The van der Waals surface area contributed by atoms with E-state index in [9.17, 15) is 10.1 Å². The van der Waals surface area contributed by atoms with Crippen LogP contribution in [-0.4, -0.2) is 18.5 Å². The van der Waals surface area contributed by atoms with Gasteiger partial charge in [0.25, 0.3) is 5.69 Å². The lowest BCUT2D eigenvalue weighted by atomic mass is 10.1. The minimum atomic E-state index is -0.503. The van der Waals surface area contributed by atoms with Crippen LogP contribution in [0.15, 0.2) is 12.1 Å². The van der Waals surface area contributed by atoms with Crippen molar-refractivity contribution in [2.24, 2.45) is 5.92 Å². The van der Waals surface area contributed by atoms with Crippen LogP contribution in [-0.2, 0) is 0 Å². The molecule has 5 nitrogen and oxygen atoms in total. The van der Waals surface area contributed by atoms with E-state index in [4.69, 9.17) is 16.9 Å². The Kier molecular flexibility index (Phi) is 4.51. The Morgan fingerprint density at radius 3 is 2.72 bits per heavy atom. The average Bonchev–Trinajstić information content (AvgIpc) is 2.30. The van der Waals surface area contributed by atoms with Gasteiger partial charge in [-0.05, 0) is 25.5 Å². The molecule has 0 aliphatic heterocycles. The van der Waals surface area contributed by atoms with Gasteiger partial charge >= 0.3 is 0 Å². The van der Waals surface area contributed by atoms with Crippen LogP contribution < -0.4 is 4.90 Å². The molecule has 0 aliphatic carbocycles. The van der Waals surface area contributed by atoms with E-state index >= 15 is 0 Å². The summed E-state index contributed by atoms with van der Waals surface area (Å²) in [6.45, 7) is 4.15. The van der Waals surface area contributed by atoms with Gasteiger partial charge < -0.3 is 4.90 Å². The van der Waals surface area contributed by atoms with Crippen molar-refractivity contribution < 1.29 is 4.92 Å². The number of aryl methyl sites for hydroxylation is 1. The fraction of sp³-hybridized carbons (Fsp3) is 0.417. The van der Waals surface area contributed by atoms with Gasteiger partial charge in [0, 0.05) is 25.3 Å². The third-order valence-corrected chi connectivity index (χ3v) is 2.94. The summed E-state index contributed by atoms with van der Waals surface area (Å²) in [6, 6.07) is 5.16.